The Morgan fingerprint density at radius 3 is 2.79 bits per heavy atom. The second kappa shape index (κ2) is 5.73. The average molecular weight is 287 g/mol. The maximum Gasteiger partial charge on any atom is 0.311 e. The third-order valence-corrected chi connectivity index (χ3v) is 3.38. The van der Waals surface area contributed by atoms with Gasteiger partial charge in [0, 0.05) is 17.2 Å². The van der Waals surface area contributed by atoms with Crippen LogP contribution in [0.5, 0.6) is 5.75 Å². The van der Waals surface area contributed by atoms with Crippen LogP contribution in [0.15, 0.2) is 18.2 Å². The van der Waals surface area contributed by atoms with Gasteiger partial charge in [-0.15, -0.1) is 0 Å². The van der Waals surface area contributed by atoms with Crippen molar-refractivity contribution in [3.63, 3.8) is 0 Å². The SMILES string of the molecule is O=[N+]([O-])c1ccc(Cl)cc1OCC1(O)CCNCC1. The highest BCUT2D eigenvalue weighted by atomic mass is 35.5. The number of hydrogen-bond donors (Lipinski definition) is 2. The van der Waals surface area contributed by atoms with Crippen molar-refractivity contribution in [2.24, 2.45) is 0 Å². The van der Waals surface area contributed by atoms with E-state index in [-0.39, 0.29) is 18.0 Å². The summed E-state index contributed by atoms with van der Waals surface area (Å²) < 4.78 is 5.42. The summed E-state index contributed by atoms with van der Waals surface area (Å²) in [7, 11) is 0. The average Bonchev–Trinajstić information content (AvgIpc) is 2.37. The second-order valence-electron chi connectivity index (χ2n) is 4.63. The monoisotopic (exact) mass is 286 g/mol. The molecule has 1 aliphatic rings. The first-order valence-electron chi connectivity index (χ1n) is 6.00. The molecule has 1 heterocycles. The molecule has 0 bridgehead atoms. The molecule has 1 saturated heterocycles. The van der Waals surface area contributed by atoms with Crippen LogP contribution in [-0.4, -0.2) is 35.3 Å². The molecule has 0 aromatic heterocycles. The topological polar surface area (TPSA) is 84.6 Å². The lowest BCUT2D eigenvalue weighted by atomic mass is 9.93. The van der Waals surface area contributed by atoms with Crippen molar-refractivity contribution >= 4 is 17.3 Å². The lowest BCUT2D eigenvalue weighted by Gasteiger charge is -2.32. The minimum absolute atomic E-state index is 0.0237. The van der Waals surface area contributed by atoms with Gasteiger partial charge < -0.3 is 15.2 Å². The normalized spacial score (nSPS) is 18.0. The van der Waals surface area contributed by atoms with E-state index in [4.69, 9.17) is 16.3 Å². The van der Waals surface area contributed by atoms with Crippen molar-refractivity contribution < 1.29 is 14.8 Å². The van der Waals surface area contributed by atoms with Gasteiger partial charge in [-0.05, 0) is 32.0 Å². The molecule has 0 radical (unpaired) electrons. The Labute approximate surface area is 115 Å². The highest BCUT2D eigenvalue weighted by Gasteiger charge is 2.31. The first kappa shape index (κ1) is 14.0. The summed E-state index contributed by atoms with van der Waals surface area (Å²) in [5.74, 6) is 0.0875. The Morgan fingerprint density at radius 1 is 1.47 bits per heavy atom. The van der Waals surface area contributed by atoms with E-state index in [1.165, 1.54) is 18.2 Å². The summed E-state index contributed by atoms with van der Waals surface area (Å²) in [4.78, 5) is 10.3. The Morgan fingerprint density at radius 2 is 2.16 bits per heavy atom. The third kappa shape index (κ3) is 3.56. The number of nitro benzene ring substituents is 1. The smallest absolute Gasteiger partial charge is 0.311 e. The lowest BCUT2D eigenvalue weighted by Crippen LogP contribution is -2.46. The van der Waals surface area contributed by atoms with Crippen molar-refractivity contribution in [3.05, 3.63) is 33.3 Å². The number of nitrogens with one attached hydrogen (secondary N) is 1. The van der Waals surface area contributed by atoms with Gasteiger partial charge in [-0.2, -0.15) is 0 Å². The van der Waals surface area contributed by atoms with Crippen LogP contribution >= 0.6 is 11.6 Å². The fraction of sp³-hybridized carbons (Fsp3) is 0.500. The molecular formula is C12H15ClN2O4. The molecule has 0 spiro atoms. The minimum atomic E-state index is -0.943. The predicted octanol–water partition coefficient (Wildman–Crippen LogP) is 1.74. The van der Waals surface area contributed by atoms with Crippen molar-refractivity contribution in [1.29, 1.82) is 0 Å². The first-order chi connectivity index (χ1) is 9.00. The van der Waals surface area contributed by atoms with Gasteiger partial charge >= 0.3 is 5.69 Å². The van der Waals surface area contributed by atoms with E-state index in [0.29, 0.717) is 31.0 Å². The fourth-order valence-electron chi connectivity index (χ4n) is 2.00. The van der Waals surface area contributed by atoms with E-state index in [9.17, 15) is 15.2 Å². The number of rotatable bonds is 4. The Kier molecular flexibility index (Phi) is 4.24. The first-order valence-corrected chi connectivity index (χ1v) is 6.38. The second-order valence-corrected chi connectivity index (χ2v) is 5.07. The van der Waals surface area contributed by atoms with Crippen LogP contribution in [0.3, 0.4) is 0 Å². The van der Waals surface area contributed by atoms with Gasteiger partial charge in [-0.1, -0.05) is 11.6 Å². The number of piperidine rings is 1. The van der Waals surface area contributed by atoms with Crippen LogP contribution in [0.1, 0.15) is 12.8 Å². The largest absolute Gasteiger partial charge is 0.484 e. The number of nitro groups is 1. The molecule has 0 amide bonds. The van der Waals surface area contributed by atoms with Gasteiger partial charge in [0.25, 0.3) is 0 Å². The van der Waals surface area contributed by atoms with Gasteiger partial charge in [0.1, 0.15) is 12.2 Å². The van der Waals surface area contributed by atoms with Crippen LogP contribution in [0, 0.1) is 10.1 Å². The molecule has 6 nitrogen and oxygen atoms in total. The highest BCUT2D eigenvalue weighted by Crippen LogP contribution is 2.31. The zero-order valence-corrected chi connectivity index (χ0v) is 11.0. The van der Waals surface area contributed by atoms with Crippen LogP contribution in [-0.2, 0) is 0 Å². The molecule has 2 rings (SSSR count). The predicted molar refractivity (Wildman–Crippen MR) is 70.7 cm³/mol. The van der Waals surface area contributed by atoms with Gasteiger partial charge in [0.15, 0.2) is 5.75 Å². The Bertz CT molecular complexity index is 475. The minimum Gasteiger partial charge on any atom is -0.484 e. The zero-order valence-electron chi connectivity index (χ0n) is 10.3. The van der Waals surface area contributed by atoms with E-state index < -0.39 is 10.5 Å². The molecule has 1 aromatic carbocycles. The maximum atomic E-state index is 10.9. The summed E-state index contributed by atoms with van der Waals surface area (Å²) in [6, 6.07) is 4.13. The summed E-state index contributed by atoms with van der Waals surface area (Å²) in [6.07, 6.45) is 1.11. The summed E-state index contributed by atoms with van der Waals surface area (Å²) in [5.41, 5.74) is -1.09. The van der Waals surface area contributed by atoms with Crippen molar-refractivity contribution in [2.45, 2.75) is 18.4 Å². The maximum absolute atomic E-state index is 10.9. The van der Waals surface area contributed by atoms with Crippen molar-refractivity contribution in [2.75, 3.05) is 19.7 Å². The van der Waals surface area contributed by atoms with Crippen LogP contribution in [0.4, 0.5) is 5.69 Å². The number of halogens is 1. The Hall–Kier alpha value is -1.37. The molecule has 2 N–H and O–H groups in total. The van der Waals surface area contributed by atoms with Crippen LogP contribution < -0.4 is 10.1 Å². The summed E-state index contributed by atoms with van der Waals surface area (Å²) in [6.45, 7) is 1.44. The molecule has 0 unspecified atom stereocenters. The zero-order chi connectivity index (χ0) is 13.9. The van der Waals surface area contributed by atoms with Gasteiger partial charge in [-0.3, -0.25) is 10.1 Å². The van der Waals surface area contributed by atoms with E-state index in [2.05, 4.69) is 5.32 Å². The summed E-state index contributed by atoms with van der Waals surface area (Å²) in [5, 5.41) is 24.6. The van der Waals surface area contributed by atoms with Crippen molar-refractivity contribution in [3.8, 4) is 5.75 Å². The molecule has 1 aromatic rings. The van der Waals surface area contributed by atoms with E-state index in [1.54, 1.807) is 0 Å². The molecule has 0 atom stereocenters. The van der Waals surface area contributed by atoms with Gasteiger partial charge in [-0.25, -0.2) is 0 Å². The highest BCUT2D eigenvalue weighted by molar-refractivity contribution is 6.30. The molecule has 0 aliphatic carbocycles. The number of hydrogen-bond acceptors (Lipinski definition) is 5. The number of ether oxygens (including phenoxy) is 1. The van der Waals surface area contributed by atoms with Gasteiger partial charge in [0.05, 0.1) is 4.92 Å². The number of aliphatic hydroxyl groups is 1. The van der Waals surface area contributed by atoms with Crippen LogP contribution in [0.25, 0.3) is 0 Å². The number of nitrogens with zero attached hydrogens (tertiary/aromatic N) is 1. The van der Waals surface area contributed by atoms with Gasteiger partial charge in [0.2, 0.25) is 0 Å². The third-order valence-electron chi connectivity index (χ3n) is 3.15. The van der Waals surface area contributed by atoms with E-state index >= 15 is 0 Å². The molecule has 7 heteroatoms. The quantitative estimate of drug-likeness (QED) is 0.650. The van der Waals surface area contributed by atoms with Crippen LogP contribution in [0.2, 0.25) is 5.02 Å². The fourth-order valence-corrected chi connectivity index (χ4v) is 2.17. The summed E-state index contributed by atoms with van der Waals surface area (Å²) >= 11 is 5.80. The lowest BCUT2D eigenvalue weighted by molar-refractivity contribution is -0.386. The standard InChI is InChI=1S/C12H15ClN2O4/c13-9-1-2-10(15(17)18)11(7-9)19-8-12(16)3-5-14-6-4-12/h1-2,7,14,16H,3-6,8H2. The molecule has 104 valence electrons. The Balaban J connectivity index is 2.10. The van der Waals surface area contributed by atoms with Crippen molar-refractivity contribution in [1.82, 2.24) is 5.32 Å². The molecular weight excluding hydrogens is 272 g/mol. The molecule has 0 saturated carbocycles. The molecule has 1 aliphatic heterocycles. The van der Waals surface area contributed by atoms with E-state index in [0.717, 1.165) is 0 Å². The molecule has 1 fully saturated rings. The van der Waals surface area contributed by atoms with E-state index in [1.807, 2.05) is 0 Å². The molecule has 19 heavy (non-hydrogen) atoms. The number of benzene rings is 1.